The predicted octanol–water partition coefficient (Wildman–Crippen LogP) is 4.25. The molecule has 0 aromatic heterocycles. The number of hydrogen-bond acceptors (Lipinski definition) is 3. The van der Waals surface area contributed by atoms with Crippen molar-refractivity contribution in [3.8, 4) is 5.75 Å². The van der Waals surface area contributed by atoms with Gasteiger partial charge < -0.3 is 15.2 Å². The topological polar surface area (TPSA) is 78.9 Å². The molecular weight excluding hydrogens is 344 g/mol. The van der Waals surface area contributed by atoms with Crippen molar-refractivity contribution in [2.24, 2.45) is 0 Å². The van der Waals surface area contributed by atoms with Crippen molar-refractivity contribution >= 4 is 35.0 Å². The molecule has 2 aromatic rings. The Morgan fingerprint density at radius 1 is 1.28 bits per heavy atom. The third-order valence-electron chi connectivity index (χ3n) is 3.98. The summed E-state index contributed by atoms with van der Waals surface area (Å²) in [6, 6.07) is 10.8. The lowest BCUT2D eigenvalue weighted by molar-refractivity contribution is 0.0697. The van der Waals surface area contributed by atoms with Crippen molar-refractivity contribution in [2.45, 2.75) is 19.4 Å². The molecule has 0 bridgehead atoms. The van der Waals surface area contributed by atoms with E-state index in [2.05, 4.69) is 5.32 Å². The standard InChI is InChI=1S/C18H17ClN2O4/c1-2-14-10-21(15-9-12(19)5-8-16(15)25-14)18(24)20-13-6-3-11(4-7-13)17(22)23/h3-9,14H,2,10H2,1H3,(H,20,24)(H,22,23)/t14-/m1/s1. The summed E-state index contributed by atoms with van der Waals surface area (Å²) >= 11 is 6.05. The molecular formula is C18H17ClN2O4. The van der Waals surface area contributed by atoms with E-state index >= 15 is 0 Å². The number of anilines is 2. The molecule has 6 nitrogen and oxygen atoms in total. The van der Waals surface area contributed by atoms with Crippen LogP contribution in [-0.4, -0.2) is 29.8 Å². The number of carbonyl (C=O) groups excluding carboxylic acids is 1. The molecule has 0 spiro atoms. The summed E-state index contributed by atoms with van der Waals surface area (Å²) in [6.45, 7) is 2.40. The maximum atomic E-state index is 12.7. The number of rotatable bonds is 3. The maximum absolute atomic E-state index is 12.7. The summed E-state index contributed by atoms with van der Waals surface area (Å²) in [6.07, 6.45) is 0.660. The fourth-order valence-corrected chi connectivity index (χ4v) is 2.78. The number of aromatic carboxylic acids is 1. The molecule has 7 heteroatoms. The molecule has 0 fully saturated rings. The van der Waals surface area contributed by atoms with Crippen LogP contribution in [0.1, 0.15) is 23.7 Å². The van der Waals surface area contributed by atoms with Crippen LogP contribution in [0.15, 0.2) is 42.5 Å². The van der Waals surface area contributed by atoms with E-state index in [4.69, 9.17) is 21.4 Å². The second kappa shape index (κ2) is 7.03. The van der Waals surface area contributed by atoms with Gasteiger partial charge in [-0.2, -0.15) is 0 Å². The molecule has 0 radical (unpaired) electrons. The largest absolute Gasteiger partial charge is 0.486 e. The van der Waals surface area contributed by atoms with Crippen molar-refractivity contribution in [3.05, 3.63) is 53.1 Å². The number of carboxylic acid groups (broad SMARTS) is 1. The number of amides is 2. The fraction of sp³-hybridized carbons (Fsp3) is 0.222. The first-order chi connectivity index (χ1) is 12.0. The molecule has 2 aromatic carbocycles. The molecule has 2 amide bonds. The van der Waals surface area contributed by atoms with Gasteiger partial charge in [-0.25, -0.2) is 9.59 Å². The SMILES string of the molecule is CC[C@@H]1CN(C(=O)Nc2ccc(C(=O)O)cc2)c2cc(Cl)ccc2O1. The van der Waals surface area contributed by atoms with Gasteiger partial charge in [0.05, 0.1) is 17.8 Å². The van der Waals surface area contributed by atoms with Gasteiger partial charge in [0.1, 0.15) is 11.9 Å². The summed E-state index contributed by atoms with van der Waals surface area (Å²) in [5.74, 6) is -0.403. The molecule has 1 heterocycles. The number of urea groups is 1. The van der Waals surface area contributed by atoms with Gasteiger partial charge in [-0.15, -0.1) is 0 Å². The fourth-order valence-electron chi connectivity index (χ4n) is 2.61. The molecule has 130 valence electrons. The van der Waals surface area contributed by atoms with Gasteiger partial charge in [0.15, 0.2) is 0 Å². The second-order valence-corrected chi connectivity index (χ2v) is 6.12. The number of nitrogens with zero attached hydrogens (tertiary/aromatic N) is 1. The van der Waals surface area contributed by atoms with Gasteiger partial charge in [0.2, 0.25) is 0 Å². The minimum Gasteiger partial charge on any atom is -0.486 e. The van der Waals surface area contributed by atoms with Crippen LogP contribution < -0.4 is 15.0 Å². The van der Waals surface area contributed by atoms with Gasteiger partial charge in [-0.3, -0.25) is 4.90 Å². The van der Waals surface area contributed by atoms with E-state index in [9.17, 15) is 9.59 Å². The molecule has 1 aliphatic rings. The molecule has 0 saturated carbocycles. The van der Waals surface area contributed by atoms with E-state index < -0.39 is 5.97 Å². The van der Waals surface area contributed by atoms with Crippen molar-refractivity contribution in [3.63, 3.8) is 0 Å². The van der Waals surface area contributed by atoms with Crippen LogP contribution in [0.3, 0.4) is 0 Å². The van der Waals surface area contributed by atoms with E-state index in [1.165, 1.54) is 12.1 Å². The smallest absolute Gasteiger partial charge is 0.335 e. The van der Waals surface area contributed by atoms with E-state index in [1.807, 2.05) is 6.92 Å². The number of nitrogens with one attached hydrogen (secondary N) is 1. The lowest BCUT2D eigenvalue weighted by Gasteiger charge is -2.34. The van der Waals surface area contributed by atoms with E-state index in [1.54, 1.807) is 35.2 Å². The third kappa shape index (κ3) is 3.69. The lowest BCUT2D eigenvalue weighted by atomic mass is 10.1. The van der Waals surface area contributed by atoms with Crippen molar-refractivity contribution in [1.82, 2.24) is 0 Å². The van der Waals surface area contributed by atoms with Crippen LogP contribution in [0.2, 0.25) is 5.02 Å². The molecule has 0 aliphatic carbocycles. The first-order valence-electron chi connectivity index (χ1n) is 7.86. The Morgan fingerprint density at radius 2 is 2.00 bits per heavy atom. The van der Waals surface area contributed by atoms with Crippen molar-refractivity contribution in [1.29, 1.82) is 0 Å². The third-order valence-corrected chi connectivity index (χ3v) is 4.21. The minimum atomic E-state index is -1.01. The number of fused-ring (bicyclic) bond motifs is 1. The van der Waals surface area contributed by atoms with E-state index in [-0.39, 0.29) is 17.7 Å². The first kappa shape index (κ1) is 17.1. The molecule has 25 heavy (non-hydrogen) atoms. The molecule has 0 unspecified atom stereocenters. The average Bonchev–Trinajstić information content (AvgIpc) is 2.61. The van der Waals surface area contributed by atoms with Gasteiger partial charge in [-0.1, -0.05) is 18.5 Å². The zero-order valence-electron chi connectivity index (χ0n) is 13.5. The quantitative estimate of drug-likeness (QED) is 0.857. The number of carboxylic acids is 1. The van der Waals surface area contributed by atoms with Gasteiger partial charge in [-0.05, 0) is 48.9 Å². The number of halogens is 1. The molecule has 1 atom stereocenters. The Balaban J connectivity index is 1.83. The van der Waals surface area contributed by atoms with Crippen LogP contribution in [0.4, 0.5) is 16.2 Å². The Morgan fingerprint density at radius 3 is 2.64 bits per heavy atom. The molecule has 0 saturated heterocycles. The molecule has 2 N–H and O–H groups in total. The Hall–Kier alpha value is -2.73. The van der Waals surface area contributed by atoms with E-state index in [0.717, 1.165) is 6.42 Å². The lowest BCUT2D eigenvalue weighted by Crippen LogP contribution is -2.45. The number of carbonyl (C=O) groups is 2. The van der Waals surface area contributed by atoms with Crippen LogP contribution >= 0.6 is 11.6 Å². The van der Waals surface area contributed by atoms with Gasteiger partial charge in [0, 0.05) is 10.7 Å². The van der Waals surface area contributed by atoms with E-state index in [0.29, 0.717) is 28.7 Å². The Kier molecular flexibility index (Phi) is 4.81. The van der Waals surface area contributed by atoms with Crippen molar-refractivity contribution in [2.75, 3.05) is 16.8 Å². The molecule has 1 aliphatic heterocycles. The maximum Gasteiger partial charge on any atom is 0.335 e. The van der Waals surface area contributed by atoms with Crippen LogP contribution in [0, 0.1) is 0 Å². The zero-order chi connectivity index (χ0) is 18.0. The number of hydrogen-bond donors (Lipinski definition) is 2. The van der Waals surface area contributed by atoms with Crippen LogP contribution in [0.25, 0.3) is 0 Å². The average molecular weight is 361 g/mol. The second-order valence-electron chi connectivity index (χ2n) is 5.68. The highest BCUT2D eigenvalue weighted by atomic mass is 35.5. The minimum absolute atomic E-state index is 0.103. The van der Waals surface area contributed by atoms with Crippen LogP contribution in [0.5, 0.6) is 5.75 Å². The Bertz CT molecular complexity index is 807. The summed E-state index contributed by atoms with van der Waals surface area (Å²) in [4.78, 5) is 25.2. The highest BCUT2D eigenvalue weighted by Crippen LogP contribution is 2.36. The Labute approximate surface area is 150 Å². The highest BCUT2D eigenvalue weighted by molar-refractivity contribution is 6.31. The highest BCUT2D eigenvalue weighted by Gasteiger charge is 2.29. The predicted molar refractivity (Wildman–Crippen MR) is 95.9 cm³/mol. The summed E-state index contributed by atoms with van der Waals surface area (Å²) in [7, 11) is 0. The monoisotopic (exact) mass is 360 g/mol. The normalized spacial score (nSPS) is 15.9. The first-order valence-corrected chi connectivity index (χ1v) is 8.24. The van der Waals surface area contributed by atoms with Gasteiger partial charge in [0.25, 0.3) is 0 Å². The molecule has 3 rings (SSSR count). The summed E-state index contributed by atoms with van der Waals surface area (Å²) < 4.78 is 5.86. The summed E-state index contributed by atoms with van der Waals surface area (Å²) in [5, 5.41) is 12.2. The summed E-state index contributed by atoms with van der Waals surface area (Å²) in [5.41, 5.74) is 1.28. The zero-order valence-corrected chi connectivity index (χ0v) is 14.3. The van der Waals surface area contributed by atoms with Crippen LogP contribution in [-0.2, 0) is 0 Å². The van der Waals surface area contributed by atoms with Gasteiger partial charge >= 0.3 is 12.0 Å². The van der Waals surface area contributed by atoms with Crippen molar-refractivity contribution < 1.29 is 19.4 Å². The number of benzene rings is 2. The number of ether oxygens (including phenoxy) is 1.